The van der Waals surface area contributed by atoms with Gasteiger partial charge in [-0.1, -0.05) is 6.92 Å². The summed E-state index contributed by atoms with van der Waals surface area (Å²) in [4.78, 5) is 14.4. The molecule has 106 valence electrons. The summed E-state index contributed by atoms with van der Waals surface area (Å²) < 4.78 is 12.3. The number of hydrogen-bond donors (Lipinski definition) is 0. The Bertz CT molecular complexity index is 467. The van der Waals surface area contributed by atoms with Crippen LogP contribution >= 0.6 is 0 Å². The second-order valence-electron chi connectivity index (χ2n) is 4.42. The van der Waals surface area contributed by atoms with Crippen LogP contribution in [-0.2, 0) is 11.3 Å². The Morgan fingerprint density at radius 2 is 2.11 bits per heavy atom. The van der Waals surface area contributed by atoms with E-state index < -0.39 is 0 Å². The molecule has 19 heavy (non-hydrogen) atoms. The molecule has 0 bridgehead atoms. The number of aryl methyl sites for hydroxylation is 1. The molecule has 0 saturated carbocycles. The fraction of sp³-hybridized carbons (Fsp3) is 0.692. The van der Waals surface area contributed by atoms with Gasteiger partial charge < -0.3 is 14.4 Å². The molecule has 0 spiro atoms. The molecule has 6 heteroatoms. The van der Waals surface area contributed by atoms with Gasteiger partial charge in [0.15, 0.2) is 0 Å². The molecule has 1 saturated heterocycles. The first-order chi connectivity index (χ1) is 9.27. The highest BCUT2D eigenvalue weighted by atomic mass is 16.5. The summed E-state index contributed by atoms with van der Waals surface area (Å²) in [5.74, 6) is 0.410. The van der Waals surface area contributed by atoms with Gasteiger partial charge in [0.05, 0.1) is 26.0 Å². The fourth-order valence-electron chi connectivity index (χ4n) is 2.14. The molecule has 2 heterocycles. The first kappa shape index (κ1) is 13.9. The smallest absolute Gasteiger partial charge is 0.311 e. The number of nitrogens with zero attached hydrogens (tertiary/aromatic N) is 3. The molecule has 0 aromatic carbocycles. The van der Waals surface area contributed by atoms with E-state index in [1.54, 1.807) is 6.20 Å². The molecule has 1 fully saturated rings. The average Bonchev–Trinajstić information content (AvgIpc) is 2.45. The third-order valence-corrected chi connectivity index (χ3v) is 3.06. The van der Waals surface area contributed by atoms with Crippen LogP contribution in [-0.4, -0.2) is 42.7 Å². The van der Waals surface area contributed by atoms with E-state index >= 15 is 0 Å². The Kier molecular flexibility index (Phi) is 4.79. The highest BCUT2D eigenvalue weighted by Gasteiger charge is 2.19. The van der Waals surface area contributed by atoms with Crippen molar-refractivity contribution in [1.29, 1.82) is 0 Å². The van der Waals surface area contributed by atoms with Crippen LogP contribution in [0.5, 0.6) is 5.75 Å². The Labute approximate surface area is 112 Å². The molecule has 0 atom stereocenters. The highest BCUT2D eigenvalue weighted by Crippen LogP contribution is 2.24. The van der Waals surface area contributed by atoms with Gasteiger partial charge in [0, 0.05) is 19.6 Å². The second-order valence-corrected chi connectivity index (χ2v) is 4.42. The van der Waals surface area contributed by atoms with Crippen molar-refractivity contribution in [3.8, 4) is 5.75 Å². The molecular weight excluding hydrogens is 246 g/mol. The Morgan fingerprint density at radius 3 is 2.74 bits per heavy atom. The van der Waals surface area contributed by atoms with Crippen molar-refractivity contribution in [2.45, 2.75) is 26.8 Å². The molecule has 0 unspecified atom stereocenters. The van der Waals surface area contributed by atoms with Crippen molar-refractivity contribution in [3.05, 3.63) is 16.6 Å². The number of hydrogen-bond acceptors (Lipinski definition) is 5. The average molecular weight is 267 g/mol. The van der Waals surface area contributed by atoms with Crippen LogP contribution in [0.1, 0.15) is 20.3 Å². The van der Waals surface area contributed by atoms with E-state index in [4.69, 9.17) is 9.47 Å². The number of rotatable bonds is 5. The first-order valence-electron chi connectivity index (χ1n) is 6.83. The van der Waals surface area contributed by atoms with Gasteiger partial charge in [-0.2, -0.15) is 5.10 Å². The summed E-state index contributed by atoms with van der Waals surface area (Å²) >= 11 is 0. The fourth-order valence-corrected chi connectivity index (χ4v) is 2.14. The summed E-state index contributed by atoms with van der Waals surface area (Å²) in [5.41, 5.74) is 0.634. The van der Waals surface area contributed by atoms with Crippen LogP contribution in [0.2, 0.25) is 0 Å². The van der Waals surface area contributed by atoms with E-state index in [-0.39, 0.29) is 5.56 Å². The third kappa shape index (κ3) is 3.07. The molecule has 0 radical (unpaired) electrons. The highest BCUT2D eigenvalue weighted by molar-refractivity contribution is 5.56. The van der Waals surface area contributed by atoms with Gasteiger partial charge in [0.25, 0.3) is 0 Å². The Balaban J connectivity index is 2.36. The quantitative estimate of drug-likeness (QED) is 0.793. The second kappa shape index (κ2) is 6.56. The molecular formula is C13H21N3O3. The van der Waals surface area contributed by atoms with Crippen molar-refractivity contribution >= 4 is 5.69 Å². The predicted octanol–water partition coefficient (Wildman–Crippen LogP) is 0.889. The van der Waals surface area contributed by atoms with Crippen molar-refractivity contribution in [3.63, 3.8) is 0 Å². The van der Waals surface area contributed by atoms with Crippen molar-refractivity contribution in [1.82, 2.24) is 9.78 Å². The zero-order chi connectivity index (χ0) is 13.7. The summed E-state index contributed by atoms with van der Waals surface area (Å²) in [7, 11) is 0. The SMILES string of the molecule is CCCn1ncc(N2CCOCC2)c(OCC)c1=O. The van der Waals surface area contributed by atoms with Crippen LogP contribution in [0.3, 0.4) is 0 Å². The molecule has 0 N–H and O–H groups in total. The van der Waals surface area contributed by atoms with Crippen LogP contribution in [0.25, 0.3) is 0 Å². The summed E-state index contributed by atoms with van der Waals surface area (Å²) in [6, 6.07) is 0. The molecule has 1 aromatic rings. The van der Waals surface area contributed by atoms with Crippen molar-refractivity contribution in [2.75, 3.05) is 37.8 Å². The van der Waals surface area contributed by atoms with E-state index in [1.807, 2.05) is 13.8 Å². The minimum absolute atomic E-state index is 0.146. The largest absolute Gasteiger partial charge is 0.487 e. The molecule has 1 aliphatic rings. The lowest BCUT2D eigenvalue weighted by Crippen LogP contribution is -2.38. The number of ether oxygens (including phenoxy) is 2. The predicted molar refractivity (Wildman–Crippen MR) is 73.0 cm³/mol. The normalized spacial score (nSPS) is 15.6. The number of aromatic nitrogens is 2. The van der Waals surface area contributed by atoms with Crippen LogP contribution < -0.4 is 15.2 Å². The van der Waals surface area contributed by atoms with Gasteiger partial charge in [0.2, 0.25) is 5.75 Å². The first-order valence-corrected chi connectivity index (χ1v) is 6.83. The zero-order valence-corrected chi connectivity index (χ0v) is 11.6. The molecule has 2 rings (SSSR count). The van der Waals surface area contributed by atoms with Crippen LogP contribution in [0.15, 0.2) is 11.0 Å². The zero-order valence-electron chi connectivity index (χ0n) is 11.6. The molecule has 6 nitrogen and oxygen atoms in total. The summed E-state index contributed by atoms with van der Waals surface area (Å²) in [5, 5.41) is 4.23. The number of anilines is 1. The third-order valence-electron chi connectivity index (χ3n) is 3.06. The van der Waals surface area contributed by atoms with E-state index in [2.05, 4.69) is 10.00 Å². The lowest BCUT2D eigenvalue weighted by molar-refractivity contribution is 0.122. The monoisotopic (exact) mass is 267 g/mol. The molecule has 1 aromatic heterocycles. The topological polar surface area (TPSA) is 56.6 Å². The van der Waals surface area contributed by atoms with Gasteiger partial charge in [-0.25, -0.2) is 4.68 Å². The van der Waals surface area contributed by atoms with Gasteiger partial charge in [-0.3, -0.25) is 4.79 Å². The lowest BCUT2D eigenvalue weighted by atomic mass is 10.3. The minimum Gasteiger partial charge on any atom is -0.487 e. The minimum atomic E-state index is -0.146. The Morgan fingerprint density at radius 1 is 1.37 bits per heavy atom. The maximum absolute atomic E-state index is 12.3. The Hall–Kier alpha value is -1.56. The van der Waals surface area contributed by atoms with Gasteiger partial charge >= 0.3 is 5.56 Å². The molecule has 0 amide bonds. The van der Waals surface area contributed by atoms with E-state index in [0.717, 1.165) is 25.2 Å². The molecule has 1 aliphatic heterocycles. The standard InChI is InChI=1S/C13H21N3O3/c1-3-5-16-13(17)12(19-4-2)11(10-14-16)15-6-8-18-9-7-15/h10H,3-9H2,1-2H3. The lowest BCUT2D eigenvalue weighted by Gasteiger charge is -2.29. The van der Waals surface area contributed by atoms with E-state index in [9.17, 15) is 4.79 Å². The molecule has 0 aliphatic carbocycles. The van der Waals surface area contributed by atoms with Crippen molar-refractivity contribution < 1.29 is 9.47 Å². The van der Waals surface area contributed by atoms with Gasteiger partial charge in [0.1, 0.15) is 5.69 Å². The number of morpholine rings is 1. The van der Waals surface area contributed by atoms with Gasteiger partial charge in [-0.15, -0.1) is 0 Å². The van der Waals surface area contributed by atoms with Crippen LogP contribution in [0, 0.1) is 0 Å². The summed E-state index contributed by atoms with van der Waals surface area (Å²) in [6.07, 6.45) is 2.60. The van der Waals surface area contributed by atoms with Gasteiger partial charge in [-0.05, 0) is 13.3 Å². The van der Waals surface area contributed by atoms with Crippen molar-refractivity contribution in [2.24, 2.45) is 0 Å². The maximum atomic E-state index is 12.3. The van der Waals surface area contributed by atoms with E-state index in [1.165, 1.54) is 4.68 Å². The van der Waals surface area contributed by atoms with Crippen LogP contribution in [0.4, 0.5) is 5.69 Å². The van der Waals surface area contributed by atoms with E-state index in [0.29, 0.717) is 32.1 Å². The summed E-state index contributed by atoms with van der Waals surface area (Å²) in [6.45, 7) is 7.85. The maximum Gasteiger partial charge on any atom is 0.311 e.